The van der Waals surface area contributed by atoms with Gasteiger partial charge < -0.3 is 29.4 Å². The topological polar surface area (TPSA) is 112 Å². The molecule has 0 spiro atoms. The molecule has 0 radical (unpaired) electrons. The van der Waals surface area contributed by atoms with E-state index >= 15 is 0 Å². The highest BCUT2D eigenvalue weighted by Gasteiger charge is 2.48. The molecule has 38 heavy (non-hydrogen) atoms. The number of carboxylic acid groups (broad SMARTS) is 1. The van der Waals surface area contributed by atoms with Gasteiger partial charge in [-0.2, -0.15) is 0 Å². The third-order valence-electron chi connectivity index (χ3n) is 7.63. The first-order valence-corrected chi connectivity index (χ1v) is 12.4. The molecule has 4 aromatic rings. The molecule has 2 N–H and O–H groups in total. The van der Waals surface area contributed by atoms with Crippen molar-refractivity contribution in [2.45, 2.75) is 25.0 Å². The third-order valence-corrected chi connectivity index (χ3v) is 7.63. The fourth-order valence-electron chi connectivity index (χ4n) is 5.86. The number of hydrogen-bond acceptors (Lipinski definition) is 5. The van der Waals surface area contributed by atoms with Gasteiger partial charge in [0.05, 0.1) is 11.6 Å². The Kier molecular flexibility index (Phi) is 4.94. The van der Waals surface area contributed by atoms with E-state index in [-0.39, 0.29) is 37.3 Å². The molecule has 3 aromatic carbocycles. The Morgan fingerprint density at radius 3 is 2.61 bits per heavy atom. The van der Waals surface area contributed by atoms with Crippen LogP contribution in [0.5, 0.6) is 11.5 Å². The van der Waals surface area contributed by atoms with E-state index in [4.69, 9.17) is 9.47 Å². The van der Waals surface area contributed by atoms with Crippen LogP contribution >= 0.6 is 0 Å². The van der Waals surface area contributed by atoms with Gasteiger partial charge in [0.2, 0.25) is 18.6 Å². The van der Waals surface area contributed by atoms with E-state index in [1.165, 1.54) is 12.1 Å². The maximum atomic E-state index is 13.9. The van der Waals surface area contributed by atoms with Gasteiger partial charge in [0.25, 0.3) is 0 Å². The number of aromatic amines is 1. The van der Waals surface area contributed by atoms with Crippen molar-refractivity contribution in [1.29, 1.82) is 0 Å². The number of carbonyl (C=O) groups excluding carboxylic acids is 2. The minimum atomic E-state index is -1.01. The van der Waals surface area contributed by atoms with Crippen molar-refractivity contribution in [3.05, 3.63) is 94.7 Å². The number of carbonyl (C=O) groups is 3. The number of hydrogen-bond donors (Lipinski definition) is 2. The Morgan fingerprint density at radius 1 is 1.00 bits per heavy atom. The summed E-state index contributed by atoms with van der Waals surface area (Å²) in [6, 6.07) is 18.8. The van der Waals surface area contributed by atoms with E-state index in [1.54, 1.807) is 21.9 Å². The zero-order valence-corrected chi connectivity index (χ0v) is 20.2. The van der Waals surface area contributed by atoms with Crippen LogP contribution in [0.15, 0.2) is 66.7 Å². The number of aromatic carboxylic acids is 1. The van der Waals surface area contributed by atoms with Crippen LogP contribution in [-0.4, -0.2) is 57.1 Å². The Balaban J connectivity index is 1.29. The van der Waals surface area contributed by atoms with Crippen molar-refractivity contribution < 1.29 is 29.0 Å². The second-order valence-corrected chi connectivity index (χ2v) is 9.80. The average molecular weight is 510 g/mol. The van der Waals surface area contributed by atoms with Crippen molar-refractivity contribution in [3.63, 3.8) is 0 Å². The van der Waals surface area contributed by atoms with Gasteiger partial charge in [0.1, 0.15) is 12.6 Å². The van der Waals surface area contributed by atoms with Gasteiger partial charge in [-0.3, -0.25) is 9.59 Å². The number of piperazine rings is 1. The number of para-hydroxylation sites is 1. The summed E-state index contributed by atoms with van der Waals surface area (Å²) in [4.78, 5) is 45.7. The van der Waals surface area contributed by atoms with E-state index in [0.717, 1.165) is 33.3 Å². The van der Waals surface area contributed by atoms with Gasteiger partial charge in [-0.1, -0.05) is 36.4 Å². The Morgan fingerprint density at radius 2 is 1.79 bits per heavy atom. The number of fused-ring (bicyclic) bond motifs is 5. The number of nitrogens with zero attached hydrogens (tertiary/aromatic N) is 2. The predicted octanol–water partition coefficient (Wildman–Crippen LogP) is 3.48. The highest BCUT2D eigenvalue weighted by Crippen LogP contribution is 2.45. The van der Waals surface area contributed by atoms with Crippen LogP contribution in [0, 0.1) is 0 Å². The zero-order valence-electron chi connectivity index (χ0n) is 20.2. The summed E-state index contributed by atoms with van der Waals surface area (Å²) in [6.07, 6.45) is 0.402. The van der Waals surface area contributed by atoms with Gasteiger partial charge in [0, 0.05) is 29.6 Å². The number of rotatable bonds is 4. The van der Waals surface area contributed by atoms with E-state index in [2.05, 4.69) is 4.98 Å². The first-order valence-electron chi connectivity index (χ1n) is 12.4. The average Bonchev–Trinajstić information content (AvgIpc) is 3.55. The lowest BCUT2D eigenvalue weighted by Crippen LogP contribution is -2.62. The molecule has 1 saturated heterocycles. The highest BCUT2D eigenvalue weighted by molar-refractivity contribution is 5.97. The third kappa shape index (κ3) is 3.42. The number of carboxylic acids is 1. The Hall–Kier alpha value is -4.79. The van der Waals surface area contributed by atoms with Crippen molar-refractivity contribution in [2.24, 2.45) is 0 Å². The maximum absolute atomic E-state index is 13.9. The van der Waals surface area contributed by atoms with Crippen LogP contribution in [-0.2, 0) is 22.6 Å². The van der Waals surface area contributed by atoms with E-state index < -0.39 is 18.1 Å². The van der Waals surface area contributed by atoms with E-state index in [0.29, 0.717) is 17.9 Å². The minimum Gasteiger partial charge on any atom is -0.478 e. The lowest BCUT2D eigenvalue weighted by atomic mass is 9.86. The molecule has 0 aliphatic carbocycles. The number of nitrogens with one attached hydrogen (secondary N) is 1. The molecule has 4 heterocycles. The quantitative estimate of drug-likeness (QED) is 0.436. The molecule has 0 unspecified atom stereocenters. The largest absolute Gasteiger partial charge is 0.478 e. The molecule has 2 atom stereocenters. The SMILES string of the molecule is O=C(O)c1ccc(CN2CC(=O)N3[C@H](c4ccc5c(c4)OCO5)c4[nH]c5ccccc5c4C[C@@H]3C2=O)cc1. The van der Waals surface area contributed by atoms with Crippen molar-refractivity contribution in [1.82, 2.24) is 14.8 Å². The molecule has 1 fully saturated rings. The van der Waals surface area contributed by atoms with Gasteiger partial charge in [-0.15, -0.1) is 0 Å². The summed E-state index contributed by atoms with van der Waals surface area (Å²) in [5, 5.41) is 10.2. The monoisotopic (exact) mass is 509 g/mol. The fourth-order valence-corrected chi connectivity index (χ4v) is 5.86. The van der Waals surface area contributed by atoms with Crippen LogP contribution in [0.1, 0.15) is 38.8 Å². The van der Waals surface area contributed by atoms with Gasteiger partial charge in [0.15, 0.2) is 11.5 Å². The molecule has 3 aliphatic rings. The number of amides is 2. The number of H-pyrrole nitrogens is 1. The number of benzene rings is 3. The van der Waals surface area contributed by atoms with Crippen molar-refractivity contribution >= 4 is 28.7 Å². The molecule has 7 rings (SSSR count). The Labute approximate surface area is 217 Å². The molecule has 2 amide bonds. The minimum absolute atomic E-state index is 0.0629. The lowest BCUT2D eigenvalue weighted by Gasteiger charge is -2.47. The van der Waals surface area contributed by atoms with Gasteiger partial charge in [-0.05, 0) is 47.0 Å². The predicted molar refractivity (Wildman–Crippen MR) is 136 cm³/mol. The molecule has 1 aromatic heterocycles. The summed E-state index contributed by atoms with van der Waals surface area (Å²) >= 11 is 0. The second kappa shape index (κ2) is 8.37. The molecule has 9 nitrogen and oxygen atoms in total. The van der Waals surface area contributed by atoms with Crippen molar-refractivity contribution in [2.75, 3.05) is 13.3 Å². The zero-order chi connectivity index (χ0) is 26.0. The summed E-state index contributed by atoms with van der Waals surface area (Å²) in [5.74, 6) is -0.0244. The molecule has 0 bridgehead atoms. The standard InChI is InChI=1S/C29H23N3O6/c33-25-14-31(13-16-5-7-17(8-6-16)29(35)36)28(34)22-12-20-19-3-1-2-4-21(19)30-26(20)27(32(22)25)18-9-10-23-24(11-18)38-15-37-23/h1-11,22,27,30H,12-15H2,(H,35,36)/t22-,27-/m1/s1. The van der Waals surface area contributed by atoms with Crippen LogP contribution in [0.3, 0.4) is 0 Å². The van der Waals surface area contributed by atoms with Crippen LogP contribution in [0.4, 0.5) is 0 Å². The first kappa shape index (κ1) is 22.4. The van der Waals surface area contributed by atoms with E-state index in [1.807, 2.05) is 42.5 Å². The Bertz CT molecular complexity index is 1630. The summed E-state index contributed by atoms with van der Waals surface area (Å²) in [6.45, 7) is 0.310. The molecule has 0 saturated carbocycles. The smallest absolute Gasteiger partial charge is 0.335 e. The lowest BCUT2D eigenvalue weighted by molar-refractivity contribution is -0.159. The molecule has 3 aliphatic heterocycles. The highest BCUT2D eigenvalue weighted by atomic mass is 16.7. The number of aromatic nitrogens is 1. The fraction of sp³-hybridized carbons (Fsp3) is 0.207. The summed E-state index contributed by atoms with van der Waals surface area (Å²) < 4.78 is 11.1. The van der Waals surface area contributed by atoms with Gasteiger partial charge in [-0.25, -0.2) is 4.79 Å². The molecule has 9 heteroatoms. The van der Waals surface area contributed by atoms with Crippen LogP contribution in [0.25, 0.3) is 10.9 Å². The summed E-state index contributed by atoms with van der Waals surface area (Å²) in [5.41, 5.74) is 4.66. The maximum Gasteiger partial charge on any atom is 0.335 e. The first-order chi connectivity index (χ1) is 18.5. The van der Waals surface area contributed by atoms with Crippen LogP contribution < -0.4 is 9.47 Å². The van der Waals surface area contributed by atoms with Gasteiger partial charge >= 0.3 is 5.97 Å². The molecular formula is C29H23N3O6. The molecular weight excluding hydrogens is 486 g/mol. The summed E-state index contributed by atoms with van der Waals surface area (Å²) in [7, 11) is 0. The number of ether oxygens (including phenoxy) is 2. The molecule has 190 valence electrons. The van der Waals surface area contributed by atoms with E-state index in [9.17, 15) is 19.5 Å². The second-order valence-electron chi connectivity index (χ2n) is 9.80. The van der Waals surface area contributed by atoms with Crippen LogP contribution in [0.2, 0.25) is 0 Å². The normalized spacial score (nSPS) is 20.0. The van der Waals surface area contributed by atoms with Crippen molar-refractivity contribution in [3.8, 4) is 11.5 Å².